The number of thiophene rings is 1. The lowest BCUT2D eigenvalue weighted by atomic mass is 10.2. The molecule has 9 heteroatoms. The van der Waals surface area contributed by atoms with Crippen molar-refractivity contribution in [3.63, 3.8) is 0 Å². The van der Waals surface area contributed by atoms with Crippen molar-refractivity contribution in [1.29, 1.82) is 0 Å². The van der Waals surface area contributed by atoms with Crippen LogP contribution in [-0.2, 0) is 7.05 Å². The van der Waals surface area contributed by atoms with Gasteiger partial charge in [-0.2, -0.15) is 0 Å². The Morgan fingerprint density at radius 1 is 1.24 bits per heavy atom. The van der Waals surface area contributed by atoms with Gasteiger partial charge >= 0.3 is 6.36 Å². The van der Waals surface area contributed by atoms with E-state index in [1.807, 2.05) is 12.3 Å². The van der Waals surface area contributed by atoms with Crippen molar-refractivity contribution in [1.82, 2.24) is 9.55 Å². The van der Waals surface area contributed by atoms with E-state index in [4.69, 9.17) is 0 Å². The number of thioether (sulfide) groups is 1. The second-order valence-corrected chi connectivity index (χ2v) is 7.48. The number of fused-ring (bicyclic) bond motifs is 1. The van der Waals surface area contributed by atoms with Crippen LogP contribution in [0.1, 0.15) is 17.7 Å². The summed E-state index contributed by atoms with van der Waals surface area (Å²) in [5.74, 6) is -0.265. The van der Waals surface area contributed by atoms with Crippen LogP contribution in [0, 0.1) is 0 Å². The third kappa shape index (κ3) is 3.98. The lowest BCUT2D eigenvalue weighted by molar-refractivity contribution is -0.274. The second kappa shape index (κ2) is 6.72. The maximum atomic E-state index is 12.3. The Bertz CT molecular complexity index is 949. The first-order valence-corrected chi connectivity index (χ1v) is 8.97. The lowest BCUT2D eigenvalue weighted by Crippen LogP contribution is -2.19. The van der Waals surface area contributed by atoms with E-state index < -0.39 is 6.36 Å². The van der Waals surface area contributed by atoms with Crippen LogP contribution >= 0.6 is 23.1 Å². The summed E-state index contributed by atoms with van der Waals surface area (Å²) < 4.78 is 42.0. The number of halogens is 3. The van der Waals surface area contributed by atoms with Crippen molar-refractivity contribution in [2.45, 2.75) is 23.7 Å². The molecule has 1 unspecified atom stereocenters. The number of rotatable bonds is 4. The van der Waals surface area contributed by atoms with Crippen molar-refractivity contribution < 1.29 is 17.9 Å². The van der Waals surface area contributed by atoms with Gasteiger partial charge in [-0.1, -0.05) is 23.9 Å². The molecule has 0 N–H and O–H groups in total. The maximum Gasteiger partial charge on any atom is 0.573 e. The standard InChI is InChI=1S/C16H13F3N2O2S2/c1-9(10-3-5-11(6-4-10)23-16(17,18)19)25-15-20-13-12(7-8-24-13)14(22)21(15)2/h3-9H,1-2H3. The first kappa shape index (κ1) is 17.8. The summed E-state index contributed by atoms with van der Waals surface area (Å²) in [5.41, 5.74) is 0.690. The molecule has 132 valence electrons. The van der Waals surface area contributed by atoms with Gasteiger partial charge in [-0.25, -0.2) is 4.98 Å². The van der Waals surface area contributed by atoms with Crippen LogP contribution in [0.4, 0.5) is 13.2 Å². The van der Waals surface area contributed by atoms with E-state index in [1.54, 1.807) is 25.2 Å². The van der Waals surface area contributed by atoms with Crippen LogP contribution in [0.3, 0.4) is 0 Å². The third-order valence-corrected chi connectivity index (χ3v) is 5.54. The molecule has 1 aromatic carbocycles. The summed E-state index contributed by atoms with van der Waals surface area (Å²) in [7, 11) is 1.65. The number of hydrogen-bond acceptors (Lipinski definition) is 5. The highest BCUT2D eigenvalue weighted by molar-refractivity contribution is 7.99. The van der Waals surface area contributed by atoms with Gasteiger partial charge in [0.1, 0.15) is 10.6 Å². The minimum Gasteiger partial charge on any atom is -0.406 e. The number of ether oxygens (including phenoxy) is 1. The molecule has 0 saturated carbocycles. The normalized spacial score (nSPS) is 13.2. The molecule has 0 amide bonds. The van der Waals surface area contributed by atoms with Gasteiger partial charge in [0.2, 0.25) is 0 Å². The topological polar surface area (TPSA) is 44.1 Å². The molecule has 0 aliphatic rings. The summed E-state index contributed by atoms with van der Waals surface area (Å²) in [6, 6.07) is 7.43. The van der Waals surface area contributed by atoms with Crippen molar-refractivity contribution in [3.05, 3.63) is 51.6 Å². The first-order valence-electron chi connectivity index (χ1n) is 7.21. The molecule has 3 rings (SSSR count). The van der Waals surface area contributed by atoms with Crippen molar-refractivity contribution in [2.75, 3.05) is 0 Å². The molecular weight excluding hydrogens is 373 g/mol. The Labute approximate surface area is 149 Å². The molecule has 25 heavy (non-hydrogen) atoms. The molecule has 0 radical (unpaired) electrons. The quantitative estimate of drug-likeness (QED) is 0.480. The Balaban J connectivity index is 1.81. The molecule has 2 heterocycles. The molecule has 0 aliphatic heterocycles. The third-order valence-electron chi connectivity index (χ3n) is 3.53. The Hall–Kier alpha value is -2.00. The molecule has 4 nitrogen and oxygen atoms in total. The highest BCUT2D eigenvalue weighted by atomic mass is 32.2. The van der Waals surface area contributed by atoms with Gasteiger partial charge in [-0.15, -0.1) is 24.5 Å². The Morgan fingerprint density at radius 2 is 1.92 bits per heavy atom. The van der Waals surface area contributed by atoms with Gasteiger partial charge in [0, 0.05) is 12.3 Å². The maximum absolute atomic E-state index is 12.3. The molecule has 3 aromatic rings. The van der Waals surface area contributed by atoms with Gasteiger partial charge in [-0.05, 0) is 36.1 Å². The van der Waals surface area contributed by atoms with E-state index in [9.17, 15) is 18.0 Å². The fourth-order valence-electron chi connectivity index (χ4n) is 2.25. The van der Waals surface area contributed by atoms with E-state index in [-0.39, 0.29) is 16.6 Å². The molecule has 0 fully saturated rings. The van der Waals surface area contributed by atoms with Crippen molar-refractivity contribution >= 4 is 33.3 Å². The average molecular weight is 386 g/mol. The van der Waals surface area contributed by atoms with E-state index >= 15 is 0 Å². The minimum atomic E-state index is -4.71. The van der Waals surface area contributed by atoms with Crippen LogP contribution in [0.2, 0.25) is 0 Å². The number of alkyl halides is 3. The zero-order chi connectivity index (χ0) is 18.2. The zero-order valence-electron chi connectivity index (χ0n) is 13.2. The average Bonchev–Trinajstić information content (AvgIpc) is 3.00. The van der Waals surface area contributed by atoms with Gasteiger partial charge < -0.3 is 4.74 Å². The smallest absolute Gasteiger partial charge is 0.406 e. The fraction of sp³-hybridized carbons (Fsp3) is 0.250. The van der Waals surface area contributed by atoms with Crippen LogP contribution in [0.5, 0.6) is 5.75 Å². The van der Waals surface area contributed by atoms with Crippen LogP contribution in [-0.4, -0.2) is 15.9 Å². The largest absolute Gasteiger partial charge is 0.573 e. The predicted octanol–water partition coefficient (Wildman–Crippen LogP) is 4.75. The molecule has 0 aliphatic carbocycles. The Morgan fingerprint density at radius 3 is 2.56 bits per heavy atom. The predicted molar refractivity (Wildman–Crippen MR) is 92.3 cm³/mol. The summed E-state index contributed by atoms with van der Waals surface area (Å²) in [6.07, 6.45) is -4.71. The summed E-state index contributed by atoms with van der Waals surface area (Å²) in [6.45, 7) is 1.90. The van der Waals surface area contributed by atoms with Gasteiger partial charge in [-0.3, -0.25) is 9.36 Å². The first-order chi connectivity index (χ1) is 11.7. The summed E-state index contributed by atoms with van der Waals surface area (Å²) in [4.78, 5) is 17.5. The van der Waals surface area contributed by atoms with Crippen LogP contribution < -0.4 is 10.3 Å². The van der Waals surface area contributed by atoms with Crippen LogP contribution in [0.15, 0.2) is 45.7 Å². The summed E-state index contributed by atoms with van der Waals surface area (Å²) >= 11 is 2.76. The van der Waals surface area contributed by atoms with Gasteiger partial charge in [0.25, 0.3) is 5.56 Å². The van der Waals surface area contributed by atoms with Crippen LogP contribution in [0.25, 0.3) is 10.2 Å². The zero-order valence-corrected chi connectivity index (χ0v) is 14.8. The monoisotopic (exact) mass is 386 g/mol. The fourth-order valence-corrected chi connectivity index (χ4v) is 4.06. The van der Waals surface area contributed by atoms with E-state index in [1.165, 1.54) is 39.8 Å². The number of aromatic nitrogens is 2. The van der Waals surface area contributed by atoms with E-state index in [2.05, 4.69) is 9.72 Å². The molecule has 0 saturated heterocycles. The molecule has 0 bridgehead atoms. The summed E-state index contributed by atoms with van der Waals surface area (Å²) in [5, 5.41) is 2.85. The minimum absolute atomic E-state index is 0.101. The van der Waals surface area contributed by atoms with Gasteiger partial charge in [0.15, 0.2) is 5.16 Å². The number of benzene rings is 1. The van der Waals surface area contributed by atoms with Crippen molar-refractivity contribution in [3.8, 4) is 5.75 Å². The second-order valence-electron chi connectivity index (χ2n) is 5.27. The number of nitrogens with zero attached hydrogens (tertiary/aromatic N) is 2. The molecule has 0 spiro atoms. The van der Waals surface area contributed by atoms with E-state index in [0.29, 0.717) is 15.4 Å². The van der Waals surface area contributed by atoms with E-state index in [0.717, 1.165) is 5.56 Å². The van der Waals surface area contributed by atoms with Gasteiger partial charge in [0.05, 0.1) is 5.39 Å². The van der Waals surface area contributed by atoms with Crippen molar-refractivity contribution in [2.24, 2.45) is 7.05 Å². The molecular formula is C16H13F3N2O2S2. The Kier molecular flexibility index (Phi) is 4.79. The highest BCUT2D eigenvalue weighted by Crippen LogP contribution is 2.35. The lowest BCUT2D eigenvalue weighted by Gasteiger charge is -2.14. The SMILES string of the molecule is CC(Sc1nc2sccc2c(=O)n1C)c1ccc(OC(F)(F)F)cc1. The molecule has 1 atom stereocenters. The number of hydrogen-bond donors (Lipinski definition) is 0. The highest BCUT2D eigenvalue weighted by Gasteiger charge is 2.31. The molecule has 2 aromatic heterocycles.